The second-order valence-electron chi connectivity index (χ2n) is 6.49. The van der Waals surface area contributed by atoms with Crippen molar-refractivity contribution < 1.29 is 23.8 Å². The Morgan fingerprint density at radius 2 is 1.63 bits per heavy atom. The lowest BCUT2D eigenvalue weighted by atomic mass is 10.1. The van der Waals surface area contributed by atoms with Crippen molar-refractivity contribution in [3.05, 3.63) is 58.1 Å². The van der Waals surface area contributed by atoms with Gasteiger partial charge in [-0.2, -0.15) is 0 Å². The van der Waals surface area contributed by atoms with Gasteiger partial charge in [0.05, 0.1) is 35.4 Å². The number of hydrogen-bond donors (Lipinski definition) is 1. The van der Waals surface area contributed by atoms with Gasteiger partial charge in [-0.1, -0.05) is 47.5 Å². The highest BCUT2D eigenvalue weighted by Crippen LogP contribution is 2.33. The Balaban J connectivity index is 1.49. The van der Waals surface area contributed by atoms with Crippen LogP contribution in [0.1, 0.15) is 5.56 Å². The van der Waals surface area contributed by atoms with Crippen molar-refractivity contribution in [3.63, 3.8) is 0 Å². The minimum absolute atomic E-state index is 0.00292. The van der Waals surface area contributed by atoms with E-state index in [-0.39, 0.29) is 19.6 Å². The Morgan fingerprint density at radius 1 is 0.967 bits per heavy atom. The summed E-state index contributed by atoms with van der Waals surface area (Å²) in [4.78, 5) is 25.7. The lowest BCUT2D eigenvalue weighted by molar-refractivity contribution is -0.143. The highest BCUT2D eigenvalue weighted by Gasteiger charge is 2.18. The first kappa shape index (κ1) is 22.2. The van der Waals surface area contributed by atoms with E-state index in [1.165, 1.54) is 0 Å². The van der Waals surface area contributed by atoms with Gasteiger partial charge >= 0.3 is 12.1 Å². The molecular weight excluding hydrogens is 431 g/mol. The standard InChI is InChI=1S/C21H22Cl2N2O5/c22-16-5-3-6-17(23)20(16)24-18-7-2-1-4-15(18)14-19(26)29-12-13-30-21(27)25-8-10-28-11-9-25/h1-7,24H,8-14H2. The number of nitrogens with one attached hydrogen (secondary N) is 1. The number of amides is 1. The fourth-order valence-corrected chi connectivity index (χ4v) is 3.37. The van der Waals surface area contributed by atoms with Crippen molar-refractivity contribution in [2.75, 3.05) is 44.8 Å². The molecule has 0 atom stereocenters. The topological polar surface area (TPSA) is 77.1 Å². The van der Waals surface area contributed by atoms with Gasteiger partial charge < -0.3 is 24.4 Å². The van der Waals surface area contributed by atoms with Gasteiger partial charge in [-0.05, 0) is 23.8 Å². The zero-order chi connectivity index (χ0) is 21.3. The number of morpholine rings is 1. The molecule has 1 aliphatic rings. The maximum Gasteiger partial charge on any atom is 0.410 e. The van der Waals surface area contributed by atoms with Crippen molar-refractivity contribution in [2.24, 2.45) is 0 Å². The second kappa shape index (κ2) is 11.1. The Kier molecular flexibility index (Phi) is 8.19. The van der Waals surface area contributed by atoms with Gasteiger partial charge in [0, 0.05) is 18.8 Å². The molecule has 1 amide bonds. The predicted octanol–water partition coefficient (Wildman–Crippen LogP) is 4.29. The van der Waals surface area contributed by atoms with Crippen LogP contribution in [0.25, 0.3) is 0 Å². The number of carbonyl (C=O) groups is 2. The lowest BCUT2D eigenvalue weighted by Gasteiger charge is -2.25. The monoisotopic (exact) mass is 452 g/mol. The summed E-state index contributed by atoms with van der Waals surface area (Å²) in [5, 5.41) is 4.12. The first-order valence-corrected chi connectivity index (χ1v) is 10.2. The number of esters is 1. The molecule has 7 nitrogen and oxygen atoms in total. The number of anilines is 2. The number of carbonyl (C=O) groups excluding carboxylic acids is 2. The van der Waals surface area contributed by atoms with Crippen molar-refractivity contribution in [3.8, 4) is 0 Å². The normalized spacial score (nSPS) is 13.6. The fraction of sp³-hybridized carbons (Fsp3) is 0.333. The number of benzene rings is 2. The van der Waals surface area contributed by atoms with Crippen LogP contribution in [-0.4, -0.2) is 56.5 Å². The van der Waals surface area contributed by atoms with Crippen molar-refractivity contribution >= 4 is 46.6 Å². The van der Waals surface area contributed by atoms with E-state index in [2.05, 4.69) is 5.32 Å². The van der Waals surface area contributed by atoms with Crippen molar-refractivity contribution in [1.82, 2.24) is 4.90 Å². The van der Waals surface area contributed by atoms with Crippen LogP contribution in [0.4, 0.5) is 16.2 Å². The average Bonchev–Trinajstić information content (AvgIpc) is 2.75. The van der Waals surface area contributed by atoms with E-state index in [0.717, 1.165) is 5.56 Å². The van der Waals surface area contributed by atoms with Gasteiger partial charge in [0.15, 0.2) is 0 Å². The van der Waals surface area contributed by atoms with Gasteiger partial charge in [0.1, 0.15) is 13.2 Å². The quantitative estimate of drug-likeness (QED) is 0.498. The average molecular weight is 453 g/mol. The molecule has 160 valence electrons. The molecule has 30 heavy (non-hydrogen) atoms. The van der Waals surface area contributed by atoms with Crippen LogP contribution in [0.15, 0.2) is 42.5 Å². The van der Waals surface area contributed by atoms with E-state index in [1.807, 2.05) is 24.3 Å². The minimum Gasteiger partial charge on any atom is -0.462 e. The molecule has 1 N–H and O–H groups in total. The van der Waals surface area contributed by atoms with Crippen LogP contribution in [0.5, 0.6) is 0 Å². The van der Waals surface area contributed by atoms with Crippen LogP contribution in [-0.2, 0) is 25.4 Å². The maximum atomic E-state index is 12.2. The minimum atomic E-state index is -0.433. The van der Waals surface area contributed by atoms with Gasteiger partial charge in [-0.15, -0.1) is 0 Å². The third-order valence-corrected chi connectivity index (χ3v) is 5.05. The van der Waals surface area contributed by atoms with E-state index < -0.39 is 12.1 Å². The highest BCUT2D eigenvalue weighted by molar-refractivity contribution is 6.39. The van der Waals surface area contributed by atoms with E-state index >= 15 is 0 Å². The summed E-state index contributed by atoms with van der Waals surface area (Å²) in [5.41, 5.74) is 1.99. The van der Waals surface area contributed by atoms with E-state index in [4.69, 9.17) is 37.4 Å². The SMILES string of the molecule is O=C(Cc1ccccc1Nc1c(Cl)cccc1Cl)OCCOC(=O)N1CCOCC1. The summed E-state index contributed by atoms with van der Waals surface area (Å²) in [6.45, 7) is 1.97. The Bertz CT molecular complexity index is 867. The first-order chi connectivity index (χ1) is 14.5. The molecule has 2 aromatic carbocycles. The molecule has 9 heteroatoms. The summed E-state index contributed by atoms with van der Waals surface area (Å²) in [5.74, 6) is -0.433. The zero-order valence-electron chi connectivity index (χ0n) is 16.2. The van der Waals surface area contributed by atoms with Gasteiger partial charge in [0.25, 0.3) is 0 Å². The van der Waals surface area contributed by atoms with Crippen LogP contribution in [0, 0.1) is 0 Å². The molecule has 2 aromatic rings. The third kappa shape index (κ3) is 6.26. The Morgan fingerprint density at radius 3 is 2.37 bits per heavy atom. The zero-order valence-corrected chi connectivity index (χ0v) is 17.7. The summed E-state index contributed by atoms with van der Waals surface area (Å²) in [7, 11) is 0. The van der Waals surface area contributed by atoms with Crippen LogP contribution in [0.2, 0.25) is 10.0 Å². The van der Waals surface area contributed by atoms with Crippen LogP contribution < -0.4 is 5.32 Å². The van der Waals surface area contributed by atoms with Gasteiger partial charge in [-0.3, -0.25) is 4.79 Å². The summed E-state index contributed by atoms with van der Waals surface area (Å²) < 4.78 is 15.5. The smallest absolute Gasteiger partial charge is 0.410 e. The number of hydrogen-bond acceptors (Lipinski definition) is 6. The fourth-order valence-electron chi connectivity index (χ4n) is 2.88. The number of rotatable bonds is 7. The Labute approximate surface area is 184 Å². The number of para-hydroxylation sites is 2. The molecule has 0 saturated carbocycles. The molecule has 0 radical (unpaired) electrons. The molecule has 0 unspecified atom stereocenters. The number of halogens is 2. The van der Waals surface area contributed by atoms with Crippen molar-refractivity contribution in [2.45, 2.75) is 6.42 Å². The largest absolute Gasteiger partial charge is 0.462 e. The molecule has 3 rings (SSSR count). The van der Waals surface area contributed by atoms with Gasteiger partial charge in [0.2, 0.25) is 0 Å². The van der Waals surface area contributed by atoms with E-state index in [0.29, 0.717) is 47.7 Å². The number of ether oxygens (including phenoxy) is 3. The maximum absolute atomic E-state index is 12.2. The van der Waals surface area contributed by atoms with Crippen LogP contribution in [0.3, 0.4) is 0 Å². The highest BCUT2D eigenvalue weighted by atomic mass is 35.5. The summed E-state index contributed by atoms with van der Waals surface area (Å²) >= 11 is 12.4. The predicted molar refractivity (Wildman–Crippen MR) is 115 cm³/mol. The molecule has 1 fully saturated rings. The summed E-state index contributed by atoms with van der Waals surface area (Å²) in [6, 6.07) is 12.5. The molecule has 1 saturated heterocycles. The molecule has 0 bridgehead atoms. The van der Waals surface area contributed by atoms with Crippen molar-refractivity contribution in [1.29, 1.82) is 0 Å². The van der Waals surface area contributed by atoms with Gasteiger partial charge in [-0.25, -0.2) is 4.79 Å². The number of nitrogens with zero attached hydrogens (tertiary/aromatic N) is 1. The Hall–Kier alpha value is -2.48. The third-order valence-electron chi connectivity index (χ3n) is 4.42. The van der Waals surface area contributed by atoms with E-state index in [9.17, 15) is 9.59 Å². The molecule has 1 heterocycles. The molecule has 1 aliphatic heterocycles. The molecule has 0 spiro atoms. The molecule has 0 aromatic heterocycles. The first-order valence-electron chi connectivity index (χ1n) is 9.48. The summed E-state index contributed by atoms with van der Waals surface area (Å²) in [6.07, 6.45) is -0.386. The van der Waals surface area contributed by atoms with Crippen LogP contribution >= 0.6 is 23.2 Å². The lowest BCUT2D eigenvalue weighted by Crippen LogP contribution is -2.41. The molecular formula is C21H22Cl2N2O5. The van der Waals surface area contributed by atoms with E-state index in [1.54, 1.807) is 23.1 Å². The second-order valence-corrected chi connectivity index (χ2v) is 7.30. The molecule has 0 aliphatic carbocycles.